The monoisotopic (exact) mass is 473 g/mol. The number of pyridine rings is 1. The highest BCUT2D eigenvalue weighted by atomic mass is 35.5. The van der Waals surface area contributed by atoms with E-state index in [1.807, 2.05) is 72.8 Å². The van der Waals surface area contributed by atoms with Gasteiger partial charge in [-0.2, -0.15) is 0 Å². The summed E-state index contributed by atoms with van der Waals surface area (Å²) in [6.07, 6.45) is 3.04. The fraction of sp³-hybridized carbons (Fsp3) is 0.148. The first-order valence-electron chi connectivity index (χ1n) is 10.9. The number of hydrogen-bond donors (Lipinski definition) is 3. The first-order valence-corrected chi connectivity index (χ1v) is 11.3. The Bertz CT molecular complexity index is 1310. The zero-order valence-corrected chi connectivity index (χ0v) is 19.2. The molecule has 0 aliphatic carbocycles. The molecule has 0 spiro atoms. The van der Waals surface area contributed by atoms with Crippen molar-refractivity contribution in [3.63, 3.8) is 0 Å². The van der Waals surface area contributed by atoms with Crippen molar-refractivity contribution in [1.82, 2.24) is 15.8 Å². The minimum Gasteiger partial charge on any atom is -0.352 e. The molecule has 0 aliphatic heterocycles. The van der Waals surface area contributed by atoms with Crippen LogP contribution >= 0.6 is 11.6 Å². The Morgan fingerprint density at radius 1 is 0.882 bits per heavy atom. The molecule has 1 aromatic heterocycles. The van der Waals surface area contributed by atoms with Gasteiger partial charge < -0.3 is 5.32 Å². The number of amides is 2. The molecule has 0 unspecified atom stereocenters. The highest BCUT2D eigenvalue weighted by molar-refractivity contribution is 6.30. The number of carbonyl (C=O) groups excluding carboxylic acids is 2. The molecule has 0 saturated heterocycles. The van der Waals surface area contributed by atoms with Crippen molar-refractivity contribution in [3.8, 4) is 0 Å². The van der Waals surface area contributed by atoms with Gasteiger partial charge in [0.25, 0.3) is 5.91 Å². The molecule has 34 heavy (non-hydrogen) atoms. The van der Waals surface area contributed by atoms with E-state index in [9.17, 15) is 9.59 Å². The minimum absolute atomic E-state index is 0.0477. The van der Waals surface area contributed by atoms with E-state index in [2.05, 4.69) is 10.3 Å². The van der Waals surface area contributed by atoms with E-state index < -0.39 is 5.91 Å². The lowest BCUT2D eigenvalue weighted by atomic mass is 9.99. The number of rotatable bonds is 8. The summed E-state index contributed by atoms with van der Waals surface area (Å²) >= 11 is 5.90. The number of fused-ring (bicyclic) bond motifs is 1. The van der Waals surface area contributed by atoms with Crippen LogP contribution in [0.3, 0.4) is 0 Å². The average molecular weight is 474 g/mol. The number of halogens is 1. The Morgan fingerprint density at radius 3 is 2.26 bits per heavy atom. The molecular formula is C27H24ClN3O3. The summed E-state index contributed by atoms with van der Waals surface area (Å²) in [5, 5.41) is 14.4. The maximum absolute atomic E-state index is 12.5. The van der Waals surface area contributed by atoms with Gasteiger partial charge in [-0.3, -0.25) is 19.8 Å². The molecule has 2 amide bonds. The summed E-state index contributed by atoms with van der Waals surface area (Å²) in [6.45, 7) is 0.540. The Balaban J connectivity index is 1.41. The fourth-order valence-electron chi connectivity index (χ4n) is 3.84. The van der Waals surface area contributed by atoms with Crippen LogP contribution in [0.25, 0.3) is 10.8 Å². The van der Waals surface area contributed by atoms with E-state index in [0.717, 1.165) is 39.6 Å². The van der Waals surface area contributed by atoms with E-state index in [1.165, 1.54) is 0 Å². The van der Waals surface area contributed by atoms with Gasteiger partial charge in [-0.15, -0.1) is 0 Å². The van der Waals surface area contributed by atoms with Crippen LogP contribution in [0.15, 0.2) is 79.0 Å². The maximum atomic E-state index is 12.5. The van der Waals surface area contributed by atoms with Crippen molar-refractivity contribution < 1.29 is 14.8 Å². The summed E-state index contributed by atoms with van der Waals surface area (Å²) in [5.41, 5.74) is 6.03. The van der Waals surface area contributed by atoms with Gasteiger partial charge in [-0.1, -0.05) is 60.1 Å². The van der Waals surface area contributed by atoms with Gasteiger partial charge in [-0.25, -0.2) is 5.48 Å². The topological polar surface area (TPSA) is 91.3 Å². The zero-order chi connectivity index (χ0) is 23.9. The van der Waals surface area contributed by atoms with Crippen molar-refractivity contribution in [3.05, 3.63) is 112 Å². The molecule has 0 radical (unpaired) electrons. The van der Waals surface area contributed by atoms with Crippen LogP contribution in [0, 0.1) is 0 Å². The highest BCUT2D eigenvalue weighted by Crippen LogP contribution is 2.23. The van der Waals surface area contributed by atoms with Crippen LogP contribution in [0.4, 0.5) is 0 Å². The van der Waals surface area contributed by atoms with E-state index in [4.69, 9.17) is 16.8 Å². The molecule has 3 aromatic carbocycles. The molecule has 4 aromatic rings. The zero-order valence-electron chi connectivity index (χ0n) is 18.4. The van der Waals surface area contributed by atoms with Crippen LogP contribution in [-0.2, 0) is 24.1 Å². The van der Waals surface area contributed by atoms with Crippen molar-refractivity contribution in [2.24, 2.45) is 0 Å². The van der Waals surface area contributed by atoms with Crippen LogP contribution in [0.1, 0.15) is 32.7 Å². The quantitative estimate of drug-likeness (QED) is 0.259. The molecule has 0 saturated carbocycles. The predicted molar refractivity (Wildman–Crippen MR) is 132 cm³/mol. The van der Waals surface area contributed by atoms with Gasteiger partial charge in [0.15, 0.2) is 0 Å². The van der Waals surface area contributed by atoms with E-state index in [-0.39, 0.29) is 12.3 Å². The minimum atomic E-state index is -0.485. The molecule has 0 aliphatic rings. The summed E-state index contributed by atoms with van der Waals surface area (Å²) in [4.78, 5) is 28.7. The average Bonchev–Trinajstić information content (AvgIpc) is 2.87. The molecule has 3 N–H and O–H groups in total. The van der Waals surface area contributed by atoms with E-state index in [1.54, 1.807) is 11.7 Å². The third-order valence-electron chi connectivity index (χ3n) is 5.64. The molecule has 0 fully saturated rings. The maximum Gasteiger partial charge on any atom is 0.251 e. The number of benzene rings is 3. The molecule has 0 bridgehead atoms. The van der Waals surface area contributed by atoms with Gasteiger partial charge in [0.2, 0.25) is 5.91 Å². The second kappa shape index (κ2) is 10.9. The number of aromatic nitrogens is 1. The van der Waals surface area contributed by atoms with E-state index in [0.29, 0.717) is 23.6 Å². The highest BCUT2D eigenvalue weighted by Gasteiger charge is 2.12. The lowest BCUT2D eigenvalue weighted by Crippen LogP contribution is -2.25. The molecule has 6 nitrogen and oxygen atoms in total. The second-order valence-electron chi connectivity index (χ2n) is 7.99. The normalized spacial score (nSPS) is 10.8. The lowest BCUT2D eigenvalue weighted by molar-refractivity contribution is -0.128. The van der Waals surface area contributed by atoms with Crippen LogP contribution in [-0.4, -0.2) is 28.6 Å². The molecule has 4 rings (SSSR count). The van der Waals surface area contributed by atoms with Crippen LogP contribution < -0.4 is 10.8 Å². The van der Waals surface area contributed by atoms with Crippen molar-refractivity contribution in [1.29, 1.82) is 0 Å². The third kappa shape index (κ3) is 5.78. The SMILES string of the molecule is O=C(Cc1cnc(Cc2ccc(C(=O)NCCc3ccc(Cl)cc3)cc2)c2ccccc12)NO. The Hall–Kier alpha value is -3.74. The van der Waals surface area contributed by atoms with Gasteiger partial charge in [0.1, 0.15) is 0 Å². The number of carbonyl (C=O) groups is 2. The van der Waals surface area contributed by atoms with Crippen molar-refractivity contribution in [2.75, 3.05) is 6.54 Å². The number of nitrogens with one attached hydrogen (secondary N) is 2. The van der Waals surface area contributed by atoms with Crippen molar-refractivity contribution >= 4 is 34.2 Å². The number of hydroxylamine groups is 1. The molecule has 0 atom stereocenters. The predicted octanol–water partition coefficient (Wildman–Crippen LogP) is 4.50. The summed E-state index contributed by atoms with van der Waals surface area (Å²) in [6, 6.07) is 22.8. The molecule has 7 heteroatoms. The first kappa shape index (κ1) is 23.4. The lowest BCUT2D eigenvalue weighted by Gasteiger charge is -2.11. The Kier molecular flexibility index (Phi) is 7.52. The molecule has 172 valence electrons. The smallest absolute Gasteiger partial charge is 0.251 e. The van der Waals surface area contributed by atoms with Gasteiger partial charge in [0, 0.05) is 35.1 Å². The van der Waals surface area contributed by atoms with Crippen LogP contribution in [0.2, 0.25) is 5.02 Å². The Morgan fingerprint density at radius 2 is 1.56 bits per heavy atom. The third-order valence-corrected chi connectivity index (χ3v) is 5.89. The summed E-state index contributed by atoms with van der Waals surface area (Å²) < 4.78 is 0. The largest absolute Gasteiger partial charge is 0.352 e. The fourth-order valence-corrected chi connectivity index (χ4v) is 3.97. The summed E-state index contributed by atoms with van der Waals surface area (Å²) in [7, 11) is 0. The van der Waals surface area contributed by atoms with E-state index >= 15 is 0 Å². The first-order chi connectivity index (χ1) is 16.5. The van der Waals surface area contributed by atoms with Crippen LogP contribution in [0.5, 0.6) is 0 Å². The van der Waals surface area contributed by atoms with Crippen molar-refractivity contribution in [2.45, 2.75) is 19.3 Å². The standard InChI is InChI=1S/C27H24ClN3O3/c28-22-11-7-18(8-12-22)13-14-29-27(33)20-9-5-19(6-10-20)15-25-24-4-2-1-3-23(24)21(17-30-25)16-26(32)31-34/h1-12,17,34H,13-16H2,(H,29,33)(H,31,32). The number of hydrogen-bond acceptors (Lipinski definition) is 4. The number of nitrogens with zero attached hydrogens (tertiary/aromatic N) is 1. The van der Waals surface area contributed by atoms with Gasteiger partial charge in [0.05, 0.1) is 12.1 Å². The van der Waals surface area contributed by atoms with Gasteiger partial charge >= 0.3 is 0 Å². The molecule has 1 heterocycles. The Labute approximate surface area is 202 Å². The van der Waals surface area contributed by atoms with Gasteiger partial charge in [-0.05, 0) is 52.8 Å². The second-order valence-corrected chi connectivity index (χ2v) is 8.43. The summed E-state index contributed by atoms with van der Waals surface area (Å²) in [5.74, 6) is -0.600. The molecular weight excluding hydrogens is 450 g/mol.